The molecule has 24 heavy (non-hydrogen) atoms. The van der Waals surface area contributed by atoms with Crippen molar-refractivity contribution in [2.45, 2.75) is 90.9 Å². The monoisotopic (exact) mass is 328 g/mol. The van der Waals surface area contributed by atoms with E-state index in [0.717, 1.165) is 23.7 Å². The summed E-state index contributed by atoms with van der Waals surface area (Å²) in [6.45, 7) is 4.29. The van der Waals surface area contributed by atoms with Gasteiger partial charge < -0.3 is 0 Å². The molecule has 0 N–H and O–H groups in total. The smallest absolute Gasteiger partial charge is 0.0233 e. The first-order chi connectivity index (χ1) is 11.8. The zero-order chi connectivity index (χ0) is 17.0. The Morgan fingerprint density at radius 2 is 1.08 bits per heavy atom. The van der Waals surface area contributed by atoms with Crippen LogP contribution in [-0.2, 0) is 0 Å². The van der Waals surface area contributed by atoms with Gasteiger partial charge >= 0.3 is 0 Å². The molecule has 0 nitrogen and oxygen atoms in total. The van der Waals surface area contributed by atoms with E-state index in [-0.39, 0.29) is 0 Å². The lowest BCUT2D eigenvalue weighted by Crippen LogP contribution is -2.13. The molecular formula is C24H40. The molecule has 0 heterocycles. The molecule has 0 heteroatoms. The van der Waals surface area contributed by atoms with Crippen LogP contribution >= 0.6 is 0 Å². The quantitative estimate of drug-likeness (QED) is 0.398. The summed E-state index contributed by atoms with van der Waals surface area (Å²) in [5, 5.41) is 0. The van der Waals surface area contributed by atoms with Crippen LogP contribution in [0.15, 0.2) is 36.5 Å². The first-order valence-electron chi connectivity index (χ1n) is 10.7. The van der Waals surface area contributed by atoms with Gasteiger partial charge in [0.05, 0.1) is 0 Å². The van der Waals surface area contributed by atoms with Crippen molar-refractivity contribution in [3.63, 3.8) is 0 Å². The summed E-state index contributed by atoms with van der Waals surface area (Å²) in [5.41, 5.74) is 0. The van der Waals surface area contributed by atoms with Crippen molar-refractivity contribution in [2.24, 2.45) is 23.7 Å². The highest BCUT2D eigenvalue weighted by atomic mass is 14.3. The number of hydrogen-bond donors (Lipinski definition) is 0. The molecule has 0 atom stereocenters. The molecule has 136 valence electrons. The second kappa shape index (κ2) is 11.7. The van der Waals surface area contributed by atoms with Crippen LogP contribution in [0.5, 0.6) is 0 Å². The molecule has 0 spiro atoms. The largest absolute Gasteiger partial charge is 0.0917 e. The van der Waals surface area contributed by atoms with Crippen LogP contribution in [0.4, 0.5) is 0 Å². The SMILES string of the molecule is C/C=C/CC[C@H]1CC[C@H](/C=C/CC[C@H]2CC[C@H](/C=C/C)CC2)CC1. The lowest BCUT2D eigenvalue weighted by molar-refractivity contribution is 0.293. The molecule has 0 saturated heterocycles. The molecule has 0 aromatic rings. The first-order valence-corrected chi connectivity index (χ1v) is 10.7. The molecule has 0 aromatic carbocycles. The molecule has 2 aliphatic rings. The number of allylic oxidation sites excluding steroid dienone is 6. The van der Waals surface area contributed by atoms with Crippen LogP contribution in [0.2, 0.25) is 0 Å². The van der Waals surface area contributed by atoms with Crippen LogP contribution in [-0.4, -0.2) is 0 Å². The Morgan fingerprint density at radius 1 is 0.583 bits per heavy atom. The van der Waals surface area contributed by atoms with Gasteiger partial charge in [-0.1, -0.05) is 36.5 Å². The number of hydrogen-bond acceptors (Lipinski definition) is 0. The molecular weight excluding hydrogens is 288 g/mol. The van der Waals surface area contributed by atoms with Crippen molar-refractivity contribution in [3.05, 3.63) is 36.5 Å². The van der Waals surface area contributed by atoms with Crippen molar-refractivity contribution in [3.8, 4) is 0 Å². The normalized spacial score (nSPS) is 32.2. The standard InChI is InChI=1S/C24H40/c1-3-5-6-10-22-17-19-24(20-18-22)12-8-7-11-23-15-13-21(9-4-2)14-16-23/h3-5,8-9,12,21-24H,6-7,10-11,13-20H2,1-2H3/b5-3+,9-4+,12-8+/t21-,22-,23-,24-. The Bertz CT molecular complexity index is 384. The predicted molar refractivity (Wildman–Crippen MR) is 108 cm³/mol. The van der Waals surface area contributed by atoms with E-state index < -0.39 is 0 Å². The van der Waals surface area contributed by atoms with Gasteiger partial charge in [-0.3, -0.25) is 0 Å². The molecule has 0 radical (unpaired) electrons. The van der Waals surface area contributed by atoms with Crippen LogP contribution in [0.3, 0.4) is 0 Å². The number of rotatable bonds is 8. The fourth-order valence-electron chi connectivity index (χ4n) is 4.73. The third-order valence-corrected chi connectivity index (χ3v) is 6.37. The van der Waals surface area contributed by atoms with Gasteiger partial charge in [-0.25, -0.2) is 0 Å². The Kier molecular flexibility index (Phi) is 9.54. The van der Waals surface area contributed by atoms with Crippen LogP contribution in [0, 0.1) is 23.7 Å². The summed E-state index contributed by atoms with van der Waals surface area (Å²) in [4.78, 5) is 0. The van der Waals surface area contributed by atoms with Gasteiger partial charge in [0.2, 0.25) is 0 Å². The van der Waals surface area contributed by atoms with Crippen molar-refractivity contribution in [2.75, 3.05) is 0 Å². The summed E-state index contributed by atoms with van der Waals surface area (Å²) < 4.78 is 0. The van der Waals surface area contributed by atoms with Gasteiger partial charge in [-0.15, -0.1) is 0 Å². The van der Waals surface area contributed by atoms with Crippen LogP contribution < -0.4 is 0 Å². The molecule has 2 fully saturated rings. The van der Waals surface area contributed by atoms with Gasteiger partial charge in [-0.05, 0) is 115 Å². The summed E-state index contributed by atoms with van der Waals surface area (Å²) >= 11 is 0. The Balaban J connectivity index is 1.54. The maximum atomic E-state index is 2.56. The van der Waals surface area contributed by atoms with Crippen molar-refractivity contribution in [1.29, 1.82) is 0 Å². The second-order valence-electron chi connectivity index (χ2n) is 8.24. The van der Waals surface area contributed by atoms with Crippen molar-refractivity contribution in [1.82, 2.24) is 0 Å². The molecule has 0 bridgehead atoms. The Labute approximate surface area is 151 Å². The summed E-state index contributed by atoms with van der Waals surface area (Å²) in [5.74, 6) is 3.76. The maximum Gasteiger partial charge on any atom is -0.0233 e. The van der Waals surface area contributed by atoms with E-state index >= 15 is 0 Å². The highest BCUT2D eigenvalue weighted by Gasteiger charge is 2.20. The summed E-state index contributed by atoms with van der Waals surface area (Å²) in [6.07, 6.45) is 31.3. The van der Waals surface area contributed by atoms with Crippen molar-refractivity contribution < 1.29 is 0 Å². The fourth-order valence-corrected chi connectivity index (χ4v) is 4.73. The lowest BCUT2D eigenvalue weighted by atomic mass is 9.79. The van der Waals surface area contributed by atoms with E-state index in [4.69, 9.17) is 0 Å². The zero-order valence-corrected chi connectivity index (χ0v) is 16.3. The second-order valence-corrected chi connectivity index (χ2v) is 8.24. The van der Waals surface area contributed by atoms with E-state index in [0.29, 0.717) is 0 Å². The Morgan fingerprint density at radius 3 is 1.58 bits per heavy atom. The van der Waals surface area contributed by atoms with E-state index in [2.05, 4.69) is 50.3 Å². The average Bonchev–Trinajstić information content (AvgIpc) is 2.62. The minimum atomic E-state index is 0.879. The zero-order valence-electron chi connectivity index (χ0n) is 16.3. The fraction of sp³-hybridized carbons (Fsp3) is 0.750. The molecule has 0 unspecified atom stereocenters. The van der Waals surface area contributed by atoms with E-state index in [1.54, 1.807) is 0 Å². The molecule has 0 aromatic heterocycles. The molecule has 0 aliphatic heterocycles. The van der Waals surface area contributed by atoms with E-state index in [9.17, 15) is 0 Å². The average molecular weight is 329 g/mol. The van der Waals surface area contributed by atoms with Gasteiger partial charge in [0.15, 0.2) is 0 Å². The minimum Gasteiger partial charge on any atom is -0.0917 e. The highest BCUT2D eigenvalue weighted by molar-refractivity contribution is 4.93. The lowest BCUT2D eigenvalue weighted by Gasteiger charge is -2.27. The third-order valence-electron chi connectivity index (χ3n) is 6.37. The minimum absolute atomic E-state index is 0.879. The molecule has 2 rings (SSSR count). The topological polar surface area (TPSA) is 0 Å². The third kappa shape index (κ3) is 7.41. The van der Waals surface area contributed by atoms with E-state index in [1.807, 2.05) is 0 Å². The van der Waals surface area contributed by atoms with Crippen molar-refractivity contribution >= 4 is 0 Å². The molecule has 2 saturated carbocycles. The molecule has 0 amide bonds. The maximum absolute atomic E-state index is 2.56. The van der Waals surface area contributed by atoms with Gasteiger partial charge in [0.1, 0.15) is 0 Å². The van der Waals surface area contributed by atoms with Crippen LogP contribution in [0.25, 0.3) is 0 Å². The summed E-state index contributed by atoms with van der Waals surface area (Å²) in [7, 11) is 0. The first kappa shape index (κ1) is 19.5. The van der Waals surface area contributed by atoms with Gasteiger partial charge in [-0.2, -0.15) is 0 Å². The Hall–Kier alpha value is -0.780. The van der Waals surface area contributed by atoms with E-state index in [1.165, 1.54) is 77.0 Å². The molecule has 2 aliphatic carbocycles. The van der Waals surface area contributed by atoms with Gasteiger partial charge in [0, 0.05) is 0 Å². The predicted octanol–water partition coefficient (Wildman–Crippen LogP) is 7.87. The summed E-state index contributed by atoms with van der Waals surface area (Å²) in [6, 6.07) is 0. The van der Waals surface area contributed by atoms with Crippen LogP contribution in [0.1, 0.15) is 90.9 Å². The highest BCUT2D eigenvalue weighted by Crippen LogP contribution is 2.34. The van der Waals surface area contributed by atoms with Gasteiger partial charge in [0.25, 0.3) is 0 Å².